The number of aromatic nitrogens is 1. The van der Waals surface area contributed by atoms with E-state index in [1.165, 1.54) is 21.5 Å². The van der Waals surface area contributed by atoms with Crippen LogP contribution in [-0.2, 0) is 6.42 Å². The number of para-hydroxylation sites is 1. The van der Waals surface area contributed by atoms with E-state index in [-0.39, 0.29) is 12.1 Å². The molecule has 2 heterocycles. The van der Waals surface area contributed by atoms with Crippen molar-refractivity contribution in [1.82, 2.24) is 15.6 Å². The molecule has 0 radical (unpaired) electrons. The molecule has 4 nitrogen and oxygen atoms in total. The summed E-state index contributed by atoms with van der Waals surface area (Å²) in [6.07, 6.45) is 1.70. The third kappa shape index (κ3) is 3.62. The second-order valence-corrected chi connectivity index (χ2v) is 6.88. The van der Waals surface area contributed by atoms with Crippen molar-refractivity contribution >= 4 is 28.3 Å². The Morgan fingerprint density at radius 2 is 2.08 bits per heavy atom. The lowest BCUT2D eigenvalue weighted by molar-refractivity contribution is 0.237. The van der Waals surface area contributed by atoms with Crippen molar-refractivity contribution in [3.05, 3.63) is 57.9 Å². The highest BCUT2D eigenvalue weighted by Gasteiger charge is 2.13. The second-order valence-electron chi connectivity index (χ2n) is 5.90. The molecule has 0 fully saturated rings. The molecule has 126 valence electrons. The van der Waals surface area contributed by atoms with E-state index in [0.717, 1.165) is 18.4 Å². The summed E-state index contributed by atoms with van der Waals surface area (Å²) in [6.45, 7) is 4.79. The predicted octanol–water partition coefficient (Wildman–Crippen LogP) is 4.53. The lowest BCUT2D eigenvalue weighted by Crippen LogP contribution is -2.38. The van der Waals surface area contributed by atoms with Gasteiger partial charge in [-0.2, -0.15) is 0 Å². The van der Waals surface area contributed by atoms with E-state index < -0.39 is 0 Å². The first kappa shape index (κ1) is 16.6. The van der Waals surface area contributed by atoms with Gasteiger partial charge in [0.2, 0.25) is 0 Å². The molecule has 1 aromatic carbocycles. The number of amides is 2. The fourth-order valence-corrected chi connectivity index (χ4v) is 3.89. The molecular weight excluding hydrogens is 318 g/mol. The molecule has 0 aliphatic carbocycles. The maximum absolute atomic E-state index is 12.2. The minimum absolute atomic E-state index is 0.0832. The summed E-state index contributed by atoms with van der Waals surface area (Å²) in [7, 11) is 0. The Balaban J connectivity index is 1.56. The molecule has 3 aromatic rings. The van der Waals surface area contributed by atoms with Gasteiger partial charge in [-0.3, -0.25) is 0 Å². The van der Waals surface area contributed by atoms with Gasteiger partial charge in [-0.25, -0.2) is 4.79 Å². The smallest absolute Gasteiger partial charge is 0.315 e. The van der Waals surface area contributed by atoms with Crippen molar-refractivity contribution in [1.29, 1.82) is 0 Å². The Morgan fingerprint density at radius 3 is 2.83 bits per heavy atom. The largest absolute Gasteiger partial charge is 0.358 e. The predicted molar refractivity (Wildman–Crippen MR) is 101 cm³/mol. The van der Waals surface area contributed by atoms with E-state index in [9.17, 15) is 4.79 Å². The average Bonchev–Trinajstić information content (AvgIpc) is 3.21. The topological polar surface area (TPSA) is 56.9 Å². The number of hydrogen-bond donors (Lipinski definition) is 3. The van der Waals surface area contributed by atoms with Crippen molar-refractivity contribution in [2.45, 2.75) is 32.7 Å². The highest BCUT2D eigenvalue weighted by molar-refractivity contribution is 7.10. The molecule has 2 amide bonds. The number of carbonyl (C=O) groups is 1. The maximum atomic E-state index is 12.2. The van der Waals surface area contributed by atoms with Gasteiger partial charge >= 0.3 is 6.03 Å². The standard InChI is InChI=1S/C19H23N3OS/c1-3-16(18-9-6-12-24-18)22-19(23)20-11-10-14-13(2)21-17-8-5-4-7-15(14)17/h4-9,12,16,21H,3,10-11H2,1-2H3,(H2,20,22,23). The first-order chi connectivity index (χ1) is 11.7. The van der Waals surface area contributed by atoms with Gasteiger partial charge in [0.1, 0.15) is 0 Å². The zero-order chi connectivity index (χ0) is 16.9. The van der Waals surface area contributed by atoms with E-state index in [0.29, 0.717) is 6.54 Å². The number of benzene rings is 1. The van der Waals surface area contributed by atoms with Crippen molar-refractivity contribution in [2.75, 3.05) is 6.54 Å². The highest BCUT2D eigenvalue weighted by atomic mass is 32.1. The molecule has 0 aliphatic rings. The maximum Gasteiger partial charge on any atom is 0.315 e. The molecule has 5 heteroatoms. The summed E-state index contributed by atoms with van der Waals surface area (Å²) in [5.41, 5.74) is 3.60. The highest BCUT2D eigenvalue weighted by Crippen LogP contribution is 2.22. The normalized spacial score (nSPS) is 12.2. The Bertz CT molecular complexity index is 807. The number of thiophene rings is 1. The van der Waals surface area contributed by atoms with Crippen LogP contribution >= 0.6 is 11.3 Å². The van der Waals surface area contributed by atoms with Crippen LogP contribution in [0.15, 0.2) is 41.8 Å². The molecule has 0 saturated carbocycles. The van der Waals surface area contributed by atoms with Gasteiger partial charge in [0.25, 0.3) is 0 Å². The van der Waals surface area contributed by atoms with E-state index in [1.54, 1.807) is 11.3 Å². The van der Waals surface area contributed by atoms with E-state index in [1.807, 2.05) is 23.6 Å². The minimum Gasteiger partial charge on any atom is -0.358 e. The third-order valence-electron chi connectivity index (χ3n) is 4.29. The monoisotopic (exact) mass is 341 g/mol. The van der Waals surface area contributed by atoms with Gasteiger partial charge in [0, 0.05) is 28.0 Å². The zero-order valence-corrected chi connectivity index (χ0v) is 14.9. The van der Waals surface area contributed by atoms with Gasteiger partial charge in [-0.15, -0.1) is 11.3 Å². The number of H-pyrrole nitrogens is 1. The first-order valence-corrected chi connectivity index (χ1v) is 9.21. The van der Waals surface area contributed by atoms with E-state index in [4.69, 9.17) is 0 Å². The van der Waals surface area contributed by atoms with Crippen LogP contribution in [0.1, 0.15) is 35.5 Å². The van der Waals surface area contributed by atoms with Crippen LogP contribution in [0.5, 0.6) is 0 Å². The van der Waals surface area contributed by atoms with E-state index in [2.05, 4.69) is 47.7 Å². The zero-order valence-electron chi connectivity index (χ0n) is 14.1. The van der Waals surface area contributed by atoms with Crippen LogP contribution in [0.4, 0.5) is 4.79 Å². The van der Waals surface area contributed by atoms with Crippen molar-refractivity contribution in [2.24, 2.45) is 0 Å². The quantitative estimate of drug-likeness (QED) is 0.606. The summed E-state index contributed by atoms with van der Waals surface area (Å²) in [6, 6.07) is 12.3. The third-order valence-corrected chi connectivity index (χ3v) is 5.27. The fraction of sp³-hybridized carbons (Fsp3) is 0.316. The van der Waals surface area contributed by atoms with Gasteiger partial charge < -0.3 is 15.6 Å². The lowest BCUT2D eigenvalue weighted by Gasteiger charge is -2.16. The molecule has 3 N–H and O–H groups in total. The molecule has 2 aromatic heterocycles. The summed E-state index contributed by atoms with van der Waals surface area (Å²) >= 11 is 1.68. The number of hydrogen-bond acceptors (Lipinski definition) is 2. The van der Waals surface area contributed by atoms with Crippen LogP contribution in [0.3, 0.4) is 0 Å². The molecule has 0 aliphatic heterocycles. The van der Waals surface area contributed by atoms with Crippen LogP contribution in [0.2, 0.25) is 0 Å². The minimum atomic E-state index is -0.104. The molecular formula is C19H23N3OS. The second kappa shape index (κ2) is 7.53. The Morgan fingerprint density at radius 1 is 1.25 bits per heavy atom. The Kier molecular flexibility index (Phi) is 5.20. The SMILES string of the molecule is CCC(NC(=O)NCCc1c(C)[nH]c2ccccc12)c1cccs1. The van der Waals surface area contributed by atoms with Crippen molar-refractivity contribution in [3.63, 3.8) is 0 Å². The van der Waals surface area contributed by atoms with E-state index >= 15 is 0 Å². The number of aryl methyl sites for hydroxylation is 1. The number of nitrogens with one attached hydrogen (secondary N) is 3. The van der Waals surface area contributed by atoms with Gasteiger partial charge in [-0.05, 0) is 42.8 Å². The lowest BCUT2D eigenvalue weighted by atomic mass is 10.1. The molecule has 1 atom stereocenters. The van der Waals surface area contributed by atoms with Crippen LogP contribution < -0.4 is 10.6 Å². The molecule has 1 unspecified atom stereocenters. The molecule has 24 heavy (non-hydrogen) atoms. The first-order valence-electron chi connectivity index (χ1n) is 8.33. The summed E-state index contributed by atoms with van der Waals surface area (Å²) < 4.78 is 0. The number of fused-ring (bicyclic) bond motifs is 1. The van der Waals surface area contributed by atoms with Crippen LogP contribution in [0.25, 0.3) is 10.9 Å². The molecule has 0 spiro atoms. The van der Waals surface area contributed by atoms with Gasteiger partial charge in [-0.1, -0.05) is 31.2 Å². The average molecular weight is 341 g/mol. The summed E-state index contributed by atoms with van der Waals surface area (Å²) in [5, 5.41) is 9.31. The molecule has 0 saturated heterocycles. The Hall–Kier alpha value is -2.27. The number of carbonyl (C=O) groups excluding carboxylic acids is 1. The summed E-state index contributed by atoms with van der Waals surface area (Å²) in [5.74, 6) is 0. The number of rotatable bonds is 6. The number of urea groups is 1. The van der Waals surface area contributed by atoms with Gasteiger partial charge in [0.15, 0.2) is 0 Å². The molecule has 0 bridgehead atoms. The van der Waals surface area contributed by atoms with Crippen LogP contribution in [-0.4, -0.2) is 17.6 Å². The van der Waals surface area contributed by atoms with Crippen molar-refractivity contribution in [3.8, 4) is 0 Å². The molecule has 3 rings (SSSR count). The summed E-state index contributed by atoms with van der Waals surface area (Å²) in [4.78, 5) is 16.8. The van der Waals surface area contributed by atoms with Crippen LogP contribution in [0, 0.1) is 6.92 Å². The van der Waals surface area contributed by atoms with Crippen molar-refractivity contribution < 1.29 is 4.79 Å². The Labute approximate surface area is 146 Å². The fourth-order valence-electron chi connectivity index (χ4n) is 3.03. The van der Waals surface area contributed by atoms with Gasteiger partial charge in [0.05, 0.1) is 6.04 Å². The number of aromatic amines is 1.